The summed E-state index contributed by atoms with van der Waals surface area (Å²) in [6.45, 7) is -2.85. The van der Waals surface area contributed by atoms with Crippen LogP contribution in [0.4, 0.5) is 8.78 Å². The van der Waals surface area contributed by atoms with Crippen molar-refractivity contribution in [3.63, 3.8) is 0 Å². The highest BCUT2D eigenvalue weighted by Gasteiger charge is 2.08. The number of hydrogen-bond donors (Lipinski definition) is 0. The molecule has 18 heavy (non-hydrogen) atoms. The fourth-order valence-electron chi connectivity index (χ4n) is 1.56. The lowest BCUT2D eigenvalue weighted by molar-refractivity contribution is -0.0498. The Kier molecular flexibility index (Phi) is 4.04. The Morgan fingerprint density at radius 2 is 1.78 bits per heavy atom. The first-order valence-electron chi connectivity index (χ1n) is 5.06. The molecule has 0 heterocycles. The van der Waals surface area contributed by atoms with E-state index in [0.717, 1.165) is 0 Å². The van der Waals surface area contributed by atoms with Gasteiger partial charge in [0.2, 0.25) is 0 Å². The van der Waals surface area contributed by atoms with E-state index in [1.165, 1.54) is 12.1 Å². The molecule has 0 spiro atoms. The molecule has 0 N–H and O–H groups in total. The van der Waals surface area contributed by atoms with Crippen LogP contribution in [0.1, 0.15) is 0 Å². The monoisotopic (exact) mass is 288 g/mol. The van der Waals surface area contributed by atoms with Crippen molar-refractivity contribution in [2.45, 2.75) is 6.61 Å². The van der Waals surface area contributed by atoms with Gasteiger partial charge in [0.1, 0.15) is 5.75 Å². The summed E-state index contributed by atoms with van der Waals surface area (Å²) in [4.78, 5) is 0. The lowest BCUT2D eigenvalue weighted by atomic mass is 10.1. The Morgan fingerprint density at radius 1 is 1.00 bits per heavy atom. The Morgan fingerprint density at radius 3 is 2.50 bits per heavy atom. The number of ether oxygens (including phenoxy) is 1. The van der Waals surface area contributed by atoms with Gasteiger partial charge in [0.15, 0.2) is 0 Å². The van der Waals surface area contributed by atoms with Gasteiger partial charge in [-0.2, -0.15) is 8.78 Å². The molecule has 1 nitrogen and oxygen atoms in total. The van der Waals surface area contributed by atoms with E-state index < -0.39 is 6.61 Å². The zero-order chi connectivity index (χ0) is 13.1. The van der Waals surface area contributed by atoms with E-state index in [9.17, 15) is 8.78 Å². The Labute approximate surface area is 113 Å². The van der Waals surface area contributed by atoms with Crippen molar-refractivity contribution in [2.24, 2.45) is 0 Å². The van der Waals surface area contributed by atoms with Gasteiger partial charge in [-0.3, -0.25) is 0 Å². The molecule has 2 rings (SSSR count). The number of benzene rings is 2. The van der Waals surface area contributed by atoms with E-state index in [1.807, 2.05) is 0 Å². The van der Waals surface area contributed by atoms with Crippen LogP contribution in [0.25, 0.3) is 11.1 Å². The molecule has 0 aromatic heterocycles. The number of alkyl halides is 2. The molecule has 2 aromatic carbocycles. The minimum absolute atomic E-state index is 0.0820. The number of hydrogen-bond acceptors (Lipinski definition) is 1. The van der Waals surface area contributed by atoms with Gasteiger partial charge in [-0.25, -0.2) is 0 Å². The van der Waals surface area contributed by atoms with Crippen molar-refractivity contribution >= 4 is 23.2 Å². The summed E-state index contributed by atoms with van der Waals surface area (Å²) >= 11 is 11.9. The van der Waals surface area contributed by atoms with E-state index in [0.29, 0.717) is 21.2 Å². The zero-order valence-corrected chi connectivity index (χ0v) is 10.6. The minimum atomic E-state index is -2.85. The minimum Gasteiger partial charge on any atom is -0.435 e. The molecule has 0 saturated heterocycles. The van der Waals surface area contributed by atoms with Crippen molar-refractivity contribution < 1.29 is 13.5 Å². The average Bonchev–Trinajstić information content (AvgIpc) is 2.32. The van der Waals surface area contributed by atoms with Crippen LogP contribution in [0, 0.1) is 0 Å². The lowest BCUT2D eigenvalue weighted by Crippen LogP contribution is -2.01. The van der Waals surface area contributed by atoms with Crippen LogP contribution in [-0.2, 0) is 0 Å². The molecule has 0 saturated carbocycles. The third-order valence-electron chi connectivity index (χ3n) is 2.30. The van der Waals surface area contributed by atoms with E-state index in [4.69, 9.17) is 23.2 Å². The molecular weight excluding hydrogens is 281 g/mol. The predicted molar refractivity (Wildman–Crippen MR) is 68.5 cm³/mol. The van der Waals surface area contributed by atoms with Gasteiger partial charge in [-0.05, 0) is 35.9 Å². The smallest absolute Gasteiger partial charge is 0.387 e. The molecule has 0 atom stereocenters. The van der Waals surface area contributed by atoms with Crippen molar-refractivity contribution in [3.05, 3.63) is 52.5 Å². The Hall–Kier alpha value is -1.32. The normalized spacial score (nSPS) is 10.7. The molecule has 0 bridgehead atoms. The molecule has 2 aromatic rings. The highest BCUT2D eigenvalue weighted by molar-refractivity contribution is 6.35. The summed E-state index contributed by atoms with van der Waals surface area (Å²) in [7, 11) is 0. The van der Waals surface area contributed by atoms with Crippen LogP contribution < -0.4 is 4.74 Å². The largest absolute Gasteiger partial charge is 0.435 e. The van der Waals surface area contributed by atoms with Crippen molar-refractivity contribution in [3.8, 4) is 16.9 Å². The maximum atomic E-state index is 12.1. The SMILES string of the molecule is FC(F)Oc1cccc(-c2cc(Cl)ccc2Cl)c1. The molecule has 0 radical (unpaired) electrons. The second-order valence-corrected chi connectivity index (χ2v) is 4.37. The zero-order valence-electron chi connectivity index (χ0n) is 9.04. The quantitative estimate of drug-likeness (QED) is 0.748. The van der Waals surface area contributed by atoms with Gasteiger partial charge in [-0.1, -0.05) is 35.3 Å². The van der Waals surface area contributed by atoms with Gasteiger partial charge in [-0.15, -0.1) is 0 Å². The molecule has 0 unspecified atom stereocenters. The Balaban J connectivity index is 2.41. The van der Waals surface area contributed by atoms with E-state index >= 15 is 0 Å². The van der Waals surface area contributed by atoms with Crippen LogP contribution in [0.3, 0.4) is 0 Å². The molecule has 0 fully saturated rings. The summed E-state index contributed by atoms with van der Waals surface area (Å²) < 4.78 is 28.6. The molecule has 0 aliphatic heterocycles. The fraction of sp³-hybridized carbons (Fsp3) is 0.0769. The van der Waals surface area contributed by atoms with E-state index in [1.54, 1.807) is 30.3 Å². The molecular formula is C13H8Cl2F2O. The van der Waals surface area contributed by atoms with Crippen LogP contribution in [0.5, 0.6) is 5.75 Å². The topological polar surface area (TPSA) is 9.23 Å². The summed E-state index contributed by atoms with van der Waals surface area (Å²) in [5, 5.41) is 1.02. The summed E-state index contributed by atoms with van der Waals surface area (Å²) in [6.07, 6.45) is 0. The van der Waals surface area contributed by atoms with Crippen molar-refractivity contribution in [2.75, 3.05) is 0 Å². The molecule has 0 aliphatic carbocycles. The van der Waals surface area contributed by atoms with Crippen LogP contribution in [0.15, 0.2) is 42.5 Å². The first-order chi connectivity index (χ1) is 8.56. The molecule has 0 aliphatic rings. The van der Waals surface area contributed by atoms with Gasteiger partial charge in [0.05, 0.1) is 0 Å². The van der Waals surface area contributed by atoms with E-state index in [-0.39, 0.29) is 5.75 Å². The van der Waals surface area contributed by atoms with Gasteiger partial charge >= 0.3 is 6.61 Å². The van der Waals surface area contributed by atoms with Crippen LogP contribution in [0.2, 0.25) is 10.0 Å². The Bertz CT molecular complexity index is 558. The molecule has 5 heteroatoms. The standard InChI is InChI=1S/C13H8Cl2F2O/c14-9-4-5-12(15)11(7-9)8-2-1-3-10(6-8)18-13(16)17/h1-7,13H. The maximum absolute atomic E-state index is 12.1. The van der Waals surface area contributed by atoms with Crippen LogP contribution >= 0.6 is 23.2 Å². The highest BCUT2D eigenvalue weighted by Crippen LogP contribution is 2.32. The molecule has 94 valence electrons. The van der Waals surface area contributed by atoms with Crippen molar-refractivity contribution in [1.29, 1.82) is 0 Å². The summed E-state index contributed by atoms with van der Waals surface area (Å²) in [6, 6.07) is 11.3. The van der Waals surface area contributed by atoms with E-state index in [2.05, 4.69) is 4.74 Å². The summed E-state index contributed by atoms with van der Waals surface area (Å²) in [5.74, 6) is 0.0820. The van der Waals surface area contributed by atoms with Crippen molar-refractivity contribution in [1.82, 2.24) is 0 Å². The number of halogens is 4. The molecule has 0 amide bonds. The lowest BCUT2D eigenvalue weighted by Gasteiger charge is -2.08. The fourth-order valence-corrected chi connectivity index (χ4v) is 1.96. The van der Waals surface area contributed by atoms with Crippen LogP contribution in [-0.4, -0.2) is 6.61 Å². The third kappa shape index (κ3) is 3.12. The second kappa shape index (κ2) is 5.55. The second-order valence-electron chi connectivity index (χ2n) is 3.53. The predicted octanol–water partition coefficient (Wildman–Crippen LogP) is 5.26. The van der Waals surface area contributed by atoms with Gasteiger partial charge in [0, 0.05) is 15.6 Å². The van der Waals surface area contributed by atoms with Gasteiger partial charge in [0.25, 0.3) is 0 Å². The number of rotatable bonds is 3. The first-order valence-corrected chi connectivity index (χ1v) is 5.82. The average molecular weight is 289 g/mol. The maximum Gasteiger partial charge on any atom is 0.387 e. The third-order valence-corrected chi connectivity index (χ3v) is 2.86. The first kappa shape index (κ1) is 13.1. The highest BCUT2D eigenvalue weighted by atomic mass is 35.5. The summed E-state index contributed by atoms with van der Waals surface area (Å²) in [5.41, 5.74) is 1.34. The van der Waals surface area contributed by atoms with Gasteiger partial charge < -0.3 is 4.74 Å².